The van der Waals surface area contributed by atoms with E-state index in [1.165, 1.54) is 36.9 Å². The number of hydrogen-bond acceptors (Lipinski definition) is 3. The molecule has 104 valence electrons. The van der Waals surface area contributed by atoms with Gasteiger partial charge in [0.05, 0.1) is 0 Å². The molecule has 1 aromatic heterocycles. The minimum atomic E-state index is 0.107. The minimum Gasteiger partial charge on any atom is -0.367 e. The first-order chi connectivity index (χ1) is 9.00. The van der Waals surface area contributed by atoms with E-state index in [1.54, 1.807) is 0 Å². The van der Waals surface area contributed by atoms with E-state index in [0.29, 0.717) is 6.04 Å². The first-order valence-electron chi connectivity index (χ1n) is 7.52. The third kappa shape index (κ3) is 3.69. The molecule has 0 saturated heterocycles. The van der Waals surface area contributed by atoms with Crippen molar-refractivity contribution in [2.45, 2.75) is 70.5 Å². The van der Waals surface area contributed by atoms with Gasteiger partial charge in [0.15, 0.2) is 0 Å². The molecular weight excluding hydrogens is 234 g/mol. The van der Waals surface area contributed by atoms with Crippen molar-refractivity contribution in [3.63, 3.8) is 0 Å². The lowest BCUT2D eigenvalue weighted by Gasteiger charge is -2.20. The van der Waals surface area contributed by atoms with Crippen LogP contribution < -0.4 is 10.6 Å². The van der Waals surface area contributed by atoms with Crippen LogP contribution in [0.1, 0.15) is 57.7 Å². The molecule has 0 spiro atoms. The highest BCUT2D eigenvalue weighted by Gasteiger charge is 2.24. The number of pyridine rings is 1. The first-order valence-corrected chi connectivity index (χ1v) is 7.52. The fraction of sp³-hybridized carbons (Fsp3) is 0.688. The van der Waals surface area contributed by atoms with E-state index in [-0.39, 0.29) is 5.41 Å². The van der Waals surface area contributed by atoms with Crippen molar-refractivity contribution in [2.24, 2.45) is 0 Å². The number of nitrogens with zero attached hydrogens (tertiary/aromatic N) is 1. The predicted molar refractivity (Wildman–Crippen MR) is 79.4 cm³/mol. The molecule has 1 heterocycles. The molecule has 2 aliphatic rings. The summed E-state index contributed by atoms with van der Waals surface area (Å²) in [6.45, 7) is 7.66. The van der Waals surface area contributed by atoms with Crippen LogP contribution >= 0.6 is 0 Å². The molecule has 0 atom stereocenters. The maximum absolute atomic E-state index is 4.79. The highest BCUT2D eigenvalue weighted by Crippen LogP contribution is 2.28. The molecule has 3 nitrogen and oxygen atoms in total. The Morgan fingerprint density at radius 2 is 1.79 bits per heavy atom. The summed E-state index contributed by atoms with van der Waals surface area (Å²) in [6.07, 6.45) is 5.25. The standard InChI is InChI=1S/C16H25N3/c1-16(2,3)14-8-11(10-17-12-4-5-12)9-15(19-14)18-13-6-7-13/h8-9,12-13,17H,4-7,10H2,1-3H3,(H,18,19). The van der Waals surface area contributed by atoms with Crippen LogP contribution in [0, 0.1) is 0 Å². The van der Waals surface area contributed by atoms with Crippen LogP contribution in [0.15, 0.2) is 12.1 Å². The summed E-state index contributed by atoms with van der Waals surface area (Å²) < 4.78 is 0. The number of nitrogens with one attached hydrogen (secondary N) is 2. The molecule has 0 bridgehead atoms. The van der Waals surface area contributed by atoms with Crippen molar-refractivity contribution in [1.29, 1.82) is 0 Å². The van der Waals surface area contributed by atoms with Gasteiger partial charge in [-0.15, -0.1) is 0 Å². The van der Waals surface area contributed by atoms with Crippen molar-refractivity contribution < 1.29 is 0 Å². The van der Waals surface area contributed by atoms with Gasteiger partial charge in [-0.05, 0) is 43.4 Å². The molecule has 2 N–H and O–H groups in total. The molecule has 0 aliphatic heterocycles. The van der Waals surface area contributed by atoms with Crippen LogP contribution in [0.2, 0.25) is 0 Å². The van der Waals surface area contributed by atoms with E-state index < -0.39 is 0 Å². The van der Waals surface area contributed by atoms with Gasteiger partial charge in [-0.3, -0.25) is 0 Å². The summed E-state index contributed by atoms with van der Waals surface area (Å²) in [5.41, 5.74) is 2.65. The van der Waals surface area contributed by atoms with Crippen molar-refractivity contribution in [3.05, 3.63) is 23.4 Å². The van der Waals surface area contributed by atoms with Gasteiger partial charge in [0.2, 0.25) is 0 Å². The van der Waals surface area contributed by atoms with Crippen LogP contribution in [0.3, 0.4) is 0 Å². The predicted octanol–water partition coefficient (Wildman–Crippen LogP) is 3.21. The van der Waals surface area contributed by atoms with Crippen molar-refractivity contribution in [1.82, 2.24) is 10.3 Å². The number of anilines is 1. The van der Waals surface area contributed by atoms with Crippen LogP contribution in [0.4, 0.5) is 5.82 Å². The number of aromatic nitrogens is 1. The molecule has 0 radical (unpaired) electrons. The summed E-state index contributed by atoms with van der Waals surface area (Å²) in [5.74, 6) is 1.06. The van der Waals surface area contributed by atoms with Crippen LogP contribution in [-0.2, 0) is 12.0 Å². The lowest BCUT2D eigenvalue weighted by atomic mass is 9.90. The maximum Gasteiger partial charge on any atom is 0.126 e. The molecule has 3 heteroatoms. The molecule has 3 rings (SSSR count). The molecule has 0 amide bonds. The van der Waals surface area contributed by atoms with E-state index in [1.807, 2.05) is 0 Å². The first kappa shape index (κ1) is 12.9. The second kappa shape index (κ2) is 4.78. The van der Waals surface area contributed by atoms with Crippen molar-refractivity contribution in [3.8, 4) is 0 Å². The highest BCUT2D eigenvalue weighted by atomic mass is 15.0. The highest BCUT2D eigenvalue weighted by molar-refractivity contribution is 5.43. The zero-order valence-electron chi connectivity index (χ0n) is 12.3. The molecule has 2 aliphatic carbocycles. The van der Waals surface area contributed by atoms with Crippen molar-refractivity contribution in [2.75, 3.05) is 5.32 Å². The quantitative estimate of drug-likeness (QED) is 0.852. The fourth-order valence-corrected chi connectivity index (χ4v) is 2.13. The summed E-state index contributed by atoms with van der Waals surface area (Å²) >= 11 is 0. The maximum atomic E-state index is 4.79. The summed E-state index contributed by atoms with van der Waals surface area (Å²) in [4.78, 5) is 4.79. The smallest absolute Gasteiger partial charge is 0.126 e. The monoisotopic (exact) mass is 259 g/mol. The van der Waals surface area contributed by atoms with E-state index >= 15 is 0 Å². The van der Waals surface area contributed by atoms with Gasteiger partial charge in [-0.1, -0.05) is 20.8 Å². The van der Waals surface area contributed by atoms with Crippen molar-refractivity contribution >= 4 is 5.82 Å². The van der Waals surface area contributed by atoms with Gasteiger partial charge < -0.3 is 10.6 Å². The topological polar surface area (TPSA) is 37.0 Å². The van der Waals surface area contributed by atoms with Gasteiger partial charge in [0.25, 0.3) is 0 Å². The Kier molecular flexibility index (Phi) is 3.25. The third-order valence-electron chi connectivity index (χ3n) is 3.76. The molecule has 2 fully saturated rings. The Bertz CT molecular complexity index is 454. The molecule has 1 aromatic rings. The van der Waals surface area contributed by atoms with Crippen LogP contribution in [0.25, 0.3) is 0 Å². The number of hydrogen-bond donors (Lipinski definition) is 2. The zero-order chi connectivity index (χ0) is 13.5. The van der Waals surface area contributed by atoms with E-state index in [9.17, 15) is 0 Å². The van der Waals surface area contributed by atoms with E-state index in [4.69, 9.17) is 4.98 Å². The van der Waals surface area contributed by atoms with E-state index in [2.05, 4.69) is 43.5 Å². The number of rotatable bonds is 5. The molecule has 0 unspecified atom stereocenters. The molecule has 0 aromatic carbocycles. The average Bonchev–Trinajstić information content (AvgIpc) is 3.20. The lowest BCUT2D eigenvalue weighted by Crippen LogP contribution is -2.19. The van der Waals surface area contributed by atoms with E-state index in [0.717, 1.165) is 18.4 Å². The molecule has 2 saturated carbocycles. The average molecular weight is 259 g/mol. The zero-order valence-corrected chi connectivity index (χ0v) is 12.3. The second-order valence-electron chi connectivity index (χ2n) is 7.07. The van der Waals surface area contributed by atoms with Gasteiger partial charge in [-0.25, -0.2) is 4.98 Å². The van der Waals surface area contributed by atoms with Gasteiger partial charge >= 0.3 is 0 Å². The second-order valence-corrected chi connectivity index (χ2v) is 7.07. The Labute approximate surface area is 116 Å². The molecular formula is C16H25N3. The van der Waals surface area contributed by atoms with Gasteiger partial charge in [0.1, 0.15) is 5.82 Å². The van der Waals surface area contributed by atoms with Crippen LogP contribution in [0.5, 0.6) is 0 Å². The Morgan fingerprint density at radius 3 is 2.37 bits per heavy atom. The normalized spacial score (nSPS) is 19.5. The molecule has 19 heavy (non-hydrogen) atoms. The van der Waals surface area contributed by atoms with Crippen LogP contribution in [-0.4, -0.2) is 17.1 Å². The minimum absolute atomic E-state index is 0.107. The summed E-state index contributed by atoms with van der Waals surface area (Å²) in [5, 5.41) is 7.13. The Morgan fingerprint density at radius 1 is 1.11 bits per heavy atom. The summed E-state index contributed by atoms with van der Waals surface area (Å²) in [6, 6.07) is 5.88. The van der Waals surface area contributed by atoms with Gasteiger partial charge in [0, 0.05) is 29.7 Å². The Hall–Kier alpha value is -1.09. The van der Waals surface area contributed by atoms with Gasteiger partial charge in [-0.2, -0.15) is 0 Å². The SMILES string of the molecule is CC(C)(C)c1cc(CNC2CC2)cc(NC2CC2)n1. The third-order valence-corrected chi connectivity index (χ3v) is 3.76. The Balaban J connectivity index is 1.78. The summed E-state index contributed by atoms with van der Waals surface area (Å²) in [7, 11) is 0. The largest absolute Gasteiger partial charge is 0.367 e. The lowest BCUT2D eigenvalue weighted by molar-refractivity contribution is 0.567. The fourth-order valence-electron chi connectivity index (χ4n) is 2.13.